The fraction of sp³-hybridized carbons (Fsp3) is 0.312. The molecular formula is C16H16N4O2. The lowest BCUT2D eigenvalue weighted by atomic mass is 9.72. The van der Waals surface area contributed by atoms with Gasteiger partial charge in [0.15, 0.2) is 0 Å². The number of H-pyrrole nitrogens is 1. The van der Waals surface area contributed by atoms with Gasteiger partial charge in [0.1, 0.15) is 11.2 Å². The Morgan fingerprint density at radius 1 is 1.27 bits per heavy atom. The highest BCUT2D eigenvalue weighted by Gasteiger charge is 2.56. The number of hydrogen-bond acceptors (Lipinski definition) is 3. The molecule has 22 heavy (non-hydrogen) atoms. The number of amides is 2. The molecule has 1 spiro atoms. The average Bonchev–Trinajstić information content (AvgIpc) is 3.06. The maximum Gasteiger partial charge on any atom is 0.242 e. The summed E-state index contributed by atoms with van der Waals surface area (Å²) in [6, 6.07) is 7.73. The molecule has 4 rings (SSSR count). The molecule has 0 saturated heterocycles. The van der Waals surface area contributed by atoms with Gasteiger partial charge in [-0.3, -0.25) is 14.7 Å². The summed E-state index contributed by atoms with van der Waals surface area (Å²) in [7, 11) is 0. The third kappa shape index (κ3) is 1.46. The smallest absolute Gasteiger partial charge is 0.242 e. The van der Waals surface area contributed by atoms with Gasteiger partial charge in [0.25, 0.3) is 0 Å². The molecule has 0 aliphatic carbocycles. The number of anilines is 2. The quantitative estimate of drug-likeness (QED) is 0.887. The van der Waals surface area contributed by atoms with E-state index in [1.807, 2.05) is 31.2 Å². The van der Waals surface area contributed by atoms with E-state index in [0.717, 1.165) is 23.2 Å². The Balaban J connectivity index is 2.00. The molecule has 2 aliphatic heterocycles. The second-order valence-electron chi connectivity index (χ2n) is 5.76. The second kappa shape index (κ2) is 4.43. The first-order valence-electron chi connectivity index (χ1n) is 7.43. The summed E-state index contributed by atoms with van der Waals surface area (Å²) in [6.45, 7) is 2.68. The van der Waals surface area contributed by atoms with Gasteiger partial charge in [0, 0.05) is 24.2 Å². The standard InChI is InChI=1S/C16H16N4O2/c1-2-7-20-12-6-4-3-5-10(12)16(15(20)22)8-13(21)18-14-11(16)9-17-19-14/h3-6,9H,2,7-8H2,1H3,(H2,17,18,19,21)/t16-/m0/s1. The molecule has 0 bridgehead atoms. The van der Waals surface area contributed by atoms with Crippen LogP contribution < -0.4 is 10.2 Å². The number of aromatic amines is 1. The van der Waals surface area contributed by atoms with E-state index >= 15 is 0 Å². The third-order valence-electron chi connectivity index (χ3n) is 4.50. The van der Waals surface area contributed by atoms with Crippen LogP contribution in [0.3, 0.4) is 0 Å². The Kier molecular flexibility index (Phi) is 2.63. The fourth-order valence-corrected chi connectivity index (χ4v) is 3.63. The molecule has 0 saturated carbocycles. The normalized spacial score (nSPS) is 22.7. The molecule has 2 aliphatic rings. The van der Waals surface area contributed by atoms with Crippen molar-refractivity contribution in [2.24, 2.45) is 0 Å². The molecule has 2 aromatic rings. The number of carbonyl (C=O) groups is 2. The molecule has 0 unspecified atom stereocenters. The van der Waals surface area contributed by atoms with E-state index in [-0.39, 0.29) is 18.2 Å². The van der Waals surface area contributed by atoms with Crippen LogP contribution >= 0.6 is 0 Å². The van der Waals surface area contributed by atoms with Crippen LogP contribution in [-0.2, 0) is 15.0 Å². The first kappa shape index (κ1) is 13.1. The van der Waals surface area contributed by atoms with E-state index in [1.165, 1.54) is 0 Å². The van der Waals surface area contributed by atoms with Crippen LogP contribution in [0.5, 0.6) is 0 Å². The maximum atomic E-state index is 13.2. The van der Waals surface area contributed by atoms with Gasteiger partial charge in [-0.05, 0) is 18.1 Å². The van der Waals surface area contributed by atoms with Crippen molar-refractivity contribution in [1.29, 1.82) is 0 Å². The van der Waals surface area contributed by atoms with Crippen molar-refractivity contribution >= 4 is 23.3 Å². The van der Waals surface area contributed by atoms with E-state index in [2.05, 4.69) is 15.5 Å². The highest BCUT2D eigenvalue weighted by Crippen LogP contribution is 2.51. The van der Waals surface area contributed by atoms with Gasteiger partial charge in [-0.15, -0.1) is 0 Å². The minimum atomic E-state index is -0.948. The van der Waals surface area contributed by atoms with Crippen LogP contribution in [0.25, 0.3) is 0 Å². The van der Waals surface area contributed by atoms with Gasteiger partial charge in [-0.2, -0.15) is 5.10 Å². The predicted molar refractivity (Wildman–Crippen MR) is 81.7 cm³/mol. The van der Waals surface area contributed by atoms with Crippen LogP contribution in [0.15, 0.2) is 30.5 Å². The number of para-hydroxylation sites is 1. The van der Waals surface area contributed by atoms with E-state index < -0.39 is 5.41 Å². The Morgan fingerprint density at radius 2 is 2.09 bits per heavy atom. The average molecular weight is 296 g/mol. The van der Waals surface area contributed by atoms with E-state index in [9.17, 15) is 9.59 Å². The first-order chi connectivity index (χ1) is 10.7. The highest BCUT2D eigenvalue weighted by molar-refractivity contribution is 6.15. The Morgan fingerprint density at radius 3 is 2.91 bits per heavy atom. The Bertz CT molecular complexity index is 782. The van der Waals surface area contributed by atoms with Crippen LogP contribution in [0.1, 0.15) is 30.9 Å². The predicted octanol–water partition coefficient (Wildman–Crippen LogP) is 1.79. The summed E-state index contributed by atoms with van der Waals surface area (Å²) in [5.74, 6) is 0.323. The number of hydrogen-bond donors (Lipinski definition) is 2. The van der Waals surface area contributed by atoms with Crippen LogP contribution in [0.2, 0.25) is 0 Å². The summed E-state index contributed by atoms with van der Waals surface area (Å²) >= 11 is 0. The molecule has 0 fully saturated rings. The second-order valence-corrected chi connectivity index (χ2v) is 5.76. The van der Waals surface area contributed by atoms with Gasteiger partial charge >= 0.3 is 0 Å². The number of nitrogens with zero attached hydrogens (tertiary/aromatic N) is 2. The molecule has 1 atom stereocenters. The van der Waals surface area contributed by atoms with Crippen molar-refractivity contribution in [3.8, 4) is 0 Å². The number of aromatic nitrogens is 2. The van der Waals surface area contributed by atoms with Gasteiger partial charge < -0.3 is 10.2 Å². The number of fused-ring (bicyclic) bond motifs is 4. The van der Waals surface area contributed by atoms with Crippen molar-refractivity contribution in [2.75, 3.05) is 16.8 Å². The minimum Gasteiger partial charge on any atom is -0.311 e. The third-order valence-corrected chi connectivity index (χ3v) is 4.50. The lowest BCUT2D eigenvalue weighted by molar-refractivity contribution is -0.126. The van der Waals surface area contributed by atoms with Crippen LogP contribution in [-0.4, -0.2) is 28.6 Å². The number of carbonyl (C=O) groups excluding carboxylic acids is 2. The van der Waals surface area contributed by atoms with Gasteiger partial charge in [-0.25, -0.2) is 0 Å². The Hall–Kier alpha value is -2.63. The summed E-state index contributed by atoms with van der Waals surface area (Å²) in [6.07, 6.45) is 2.63. The summed E-state index contributed by atoms with van der Waals surface area (Å²) in [5.41, 5.74) is 1.60. The summed E-state index contributed by atoms with van der Waals surface area (Å²) < 4.78 is 0. The monoisotopic (exact) mass is 296 g/mol. The Labute approximate surface area is 127 Å². The number of nitrogens with one attached hydrogen (secondary N) is 2. The van der Waals surface area contributed by atoms with E-state index in [1.54, 1.807) is 11.1 Å². The largest absolute Gasteiger partial charge is 0.311 e. The summed E-state index contributed by atoms with van der Waals surface area (Å²) in [5, 5.41) is 9.57. The molecule has 1 aromatic heterocycles. The van der Waals surface area contributed by atoms with Crippen molar-refractivity contribution in [3.63, 3.8) is 0 Å². The number of rotatable bonds is 2. The van der Waals surface area contributed by atoms with Gasteiger partial charge in [0.2, 0.25) is 11.8 Å². The van der Waals surface area contributed by atoms with Crippen molar-refractivity contribution < 1.29 is 9.59 Å². The summed E-state index contributed by atoms with van der Waals surface area (Å²) in [4.78, 5) is 27.2. The molecule has 3 heterocycles. The minimum absolute atomic E-state index is 0.0342. The lowest BCUT2D eigenvalue weighted by Crippen LogP contribution is -2.46. The lowest BCUT2D eigenvalue weighted by Gasteiger charge is -2.31. The van der Waals surface area contributed by atoms with Crippen LogP contribution in [0, 0.1) is 0 Å². The topological polar surface area (TPSA) is 78.1 Å². The maximum absolute atomic E-state index is 13.2. The molecule has 112 valence electrons. The SMILES string of the molecule is CCCN1C(=O)[C@@]2(CC(=O)Nc3[nH]ncc32)c2ccccc21. The highest BCUT2D eigenvalue weighted by atomic mass is 16.2. The molecule has 2 amide bonds. The van der Waals surface area contributed by atoms with Crippen molar-refractivity contribution in [3.05, 3.63) is 41.6 Å². The zero-order valence-corrected chi connectivity index (χ0v) is 12.2. The molecule has 1 aromatic carbocycles. The molecule has 6 heteroatoms. The first-order valence-corrected chi connectivity index (χ1v) is 7.43. The van der Waals surface area contributed by atoms with E-state index in [4.69, 9.17) is 0 Å². The van der Waals surface area contributed by atoms with Crippen LogP contribution in [0.4, 0.5) is 11.5 Å². The molecule has 2 N–H and O–H groups in total. The van der Waals surface area contributed by atoms with Crippen molar-refractivity contribution in [2.45, 2.75) is 25.2 Å². The zero-order valence-electron chi connectivity index (χ0n) is 12.2. The number of benzene rings is 1. The van der Waals surface area contributed by atoms with Gasteiger partial charge in [0.05, 0.1) is 6.20 Å². The molecular weight excluding hydrogens is 280 g/mol. The molecule has 0 radical (unpaired) electrons. The van der Waals surface area contributed by atoms with E-state index in [0.29, 0.717) is 12.4 Å². The zero-order chi connectivity index (χ0) is 15.3. The fourth-order valence-electron chi connectivity index (χ4n) is 3.63. The molecule has 6 nitrogen and oxygen atoms in total. The van der Waals surface area contributed by atoms with Crippen molar-refractivity contribution in [1.82, 2.24) is 10.2 Å². The van der Waals surface area contributed by atoms with Gasteiger partial charge in [-0.1, -0.05) is 25.1 Å².